The zero-order valence-corrected chi connectivity index (χ0v) is 51.9. The number of carboxylic acid groups (broad SMARTS) is 2. The van der Waals surface area contributed by atoms with Crippen LogP contribution in [0, 0.1) is 11.8 Å². The molecule has 13 atom stereocenters. The van der Waals surface area contributed by atoms with E-state index >= 15 is 0 Å². The third-order valence-electron chi connectivity index (χ3n) is 14.0. The summed E-state index contributed by atoms with van der Waals surface area (Å²) in [5, 5.41) is 84.4. The number of thioether (sulfide) groups is 1. The minimum atomic E-state index is -1.86. The molecule has 0 unspecified atom stereocenters. The lowest BCUT2D eigenvalue weighted by atomic mass is 9.97. The summed E-state index contributed by atoms with van der Waals surface area (Å²) in [4.78, 5) is 161. The molecule has 0 aliphatic heterocycles. The molecule has 0 aliphatic rings. The largest absolute Gasteiger partial charge is 0.508 e. The number of aliphatic carboxylic acids is 2. The number of carbonyl (C=O) groups excluding carboxylic acids is 10. The van der Waals surface area contributed by atoms with Crippen molar-refractivity contribution in [3.05, 3.63) is 65.7 Å². The van der Waals surface area contributed by atoms with Crippen LogP contribution in [0.4, 0.5) is 0 Å². The molecule has 2 aromatic carbocycles. The van der Waals surface area contributed by atoms with Crippen molar-refractivity contribution in [2.75, 3.05) is 31.8 Å². The number of benzene rings is 2. The molecule has 0 fully saturated rings. The van der Waals surface area contributed by atoms with Crippen molar-refractivity contribution in [2.45, 2.75) is 172 Å². The van der Waals surface area contributed by atoms with Crippen LogP contribution in [-0.2, 0) is 70.4 Å². The van der Waals surface area contributed by atoms with Crippen LogP contribution in [0.5, 0.6) is 5.75 Å². The molecule has 0 saturated heterocycles. The molecule has 10 amide bonds. The zero-order chi connectivity index (χ0) is 67.1. The van der Waals surface area contributed by atoms with E-state index in [1.807, 2.05) is 0 Å². The van der Waals surface area contributed by atoms with E-state index in [4.69, 9.17) is 16.6 Å². The first kappa shape index (κ1) is 77.1. The number of rotatable bonds is 41. The number of hydrogen-bond donors (Lipinski definition) is 18. The standard InChI is InChI=1S/C58H90N12O18S/c1-8-31(4)46(69-49(78)37(60)27-45(75)76)56(85)68-44(29-72)55(84)70-47(33(6)73)57(86)63-38(16-12-13-22-59)50(79)64-41(26-35-17-19-36(74)20-18-35)53(82)65-40(25-34-14-10-9-11-15-34)52(81)61-32(5)48(77)62-39(21-23-89-7)51(80)67-43(28-71)54(83)66-42(58(87)88)24-30(2)3/h9-11,14-15,17-20,30-33,37-44,46-47,71-74H,8,12-13,16,21-29,59-60H2,1-7H3,(H,61,81)(H,62,77)(H,63,86)(H,64,79)(H,65,82)(H,66,83)(H,67,80)(H,68,85)(H,69,78)(H,70,84)(H,75,76)(H,87,88)/t31-,32-,33+,37-,38-,39-,40-,41-,42-,43-,44-,46-,47-/m0/s1. The summed E-state index contributed by atoms with van der Waals surface area (Å²) in [5.41, 5.74) is 12.4. The molecule has 2 aromatic rings. The highest BCUT2D eigenvalue weighted by molar-refractivity contribution is 7.98. The topological polar surface area (TPSA) is 499 Å². The molecule has 0 heterocycles. The first-order valence-corrected chi connectivity index (χ1v) is 30.5. The molecule has 2 rings (SSSR count). The lowest BCUT2D eigenvalue weighted by molar-refractivity contribution is -0.143. The van der Waals surface area contributed by atoms with Gasteiger partial charge in [0.2, 0.25) is 59.1 Å². The molecule has 496 valence electrons. The van der Waals surface area contributed by atoms with Gasteiger partial charge in [-0.15, -0.1) is 0 Å². The van der Waals surface area contributed by atoms with E-state index in [-0.39, 0.29) is 56.7 Å². The highest BCUT2D eigenvalue weighted by atomic mass is 32.2. The van der Waals surface area contributed by atoms with Crippen LogP contribution in [0.25, 0.3) is 0 Å². The Morgan fingerprint density at radius 1 is 0.517 bits per heavy atom. The van der Waals surface area contributed by atoms with Gasteiger partial charge in [-0.2, -0.15) is 11.8 Å². The first-order valence-electron chi connectivity index (χ1n) is 29.1. The fraction of sp³-hybridized carbons (Fsp3) is 0.586. The van der Waals surface area contributed by atoms with Crippen LogP contribution >= 0.6 is 11.8 Å². The van der Waals surface area contributed by atoms with E-state index in [0.29, 0.717) is 29.7 Å². The van der Waals surface area contributed by atoms with Crippen LogP contribution in [0.1, 0.15) is 97.6 Å². The number of carbonyl (C=O) groups is 12. The van der Waals surface area contributed by atoms with Crippen LogP contribution in [0.2, 0.25) is 0 Å². The predicted octanol–water partition coefficient (Wildman–Crippen LogP) is -3.73. The van der Waals surface area contributed by atoms with Gasteiger partial charge >= 0.3 is 11.9 Å². The highest BCUT2D eigenvalue weighted by Crippen LogP contribution is 2.15. The summed E-state index contributed by atoms with van der Waals surface area (Å²) in [5.74, 6) is -13.2. The predicted molar refractivity (Wildman–Crippen MR) is 325 cm³/mol. The Labute approximate surface area is 520 Å². The van der Waals surface area contributed by atoms with Crippen LogP contribution in [0.3, 0.4) is 0 Å². The van der Waals surface area contributed by atoms with E-state index in [1.165, 1.54) is 43.0 Å². The van der Waals surface area contributed by atoms with Gasteiger partial charge in [0, 0.05) is 12.8 Å². The average molecular weight is 1280 g/mol. The molecule has 0 saturated carbocycles. The maximum Gasteiger partial charge on any atom is 0.326 e. The number of phenols is 1. The third-order valence-corrected chi connectivity index (χ3v) is 14.7. The molecule has 0 aliphatic carbocycles. The smallest absolute Gasteiger partial charge is 0.326 e. The Kier molecular flexibility index (Phi) is 34.5. The van der Waals surface area contributed by atoms with E-state index in [9.17, 15) is 83.1 Å². The SMILES string of the molecule is CC[C@H](C)[C@H](NC(=O)[C@@H](N)CC(=O)O)C(=O)N[C@@H](CO)C(=O)N[C@H](C(=O)N[C@@H](CCCCN)C(=O)N[C@@H](Cc1ccc(O)cc1)C(=O)N[C@@H](Cc1ccccc1)C(=O)N[C@@H](C)C(=O)N[C@@H](CCSC)C(=O)N[C@@H](CO)C(=O)N[C@@H](CC(C)C)C(=O)O)[C@@H](C)O. The van der Waals surface area contributed by atoms with Crippen molar-refractivity contribution >= 4 is 82.8 Å². The Morgan fingerprint density at radius 3 is 1.45 bits per heavy atom. The number of unbranched alkanes of at least 4 members (excludes halogenated alkanes) is 1. The van der Waals surface area contributed by atoms with Crippen molar-refractivity contribution in [1.29, 1.82) is 0 Å². The molecular weight excluding hydrogens is 1180 g/mol. The Bertz CT molecular complexity index is 2670. The van der Waals surface area contributed by atoms with E-state index in [1.54, 1.807) is 64.3 Å². The Morgan fingerprint density at radius 2 is 0.955 bits per heavy atom. The van der Waals surface area contributed by atoms with E-state index < -0.39 is 169 Å². The van der Waals surface area contributed by atoms with Gasteiger partial charge in [0.1, 0.15) is 66.2 Å². The van der Waals surface area contributed by atoms with Crippen LogP contribution in [-0.4, -0.2) is 206 Å². The van der Waals surface area contributed by atoms with Crippen molar-refractivity contribution in [1.82, 2.24) is 53.2 Å². The molecule has 89 heavy (non-hydrogen) atoms. The Balaban J connectivity index is 2.48. The van der Waals surface area contributed by atoms with Gasteiger partial charge in [-0.25, -0.2) is 4.79 Å². The number of hydrogen-bond acceptors (Lipinski definition) is 19. The van der Waals surface area contributed by atoms with Crippen LogP contribution < -0.4 is 64.6 Å². The minimum Gasteiger partial charge on any atom is -0.508 e. The van der Waals surface area contributed by atoms with Gasteiger partial charge in [-0.1, -0.05) is 76.6 Å². The lowest BCUT2D eigenvalue weighted by Gasteiger charge is -2.29. The fourth-order valence-corrected chi connectivity index (χ4v) is 9.15. The maximum absolute atomic E-state index is 14.7. The summed E-state index contributed by atoms with van der Waals surface area (Å²) in [6, 6.07) is -2.85. The summed E-state index contributed by atoms with van der Waals surface area (Å²) in [6.07, 6.45) is -0.392. The number of nitrogens with two attached hydrogens (primary N) is 2. The molecule has 0 bridgehead atoms. The van der Waals surface area contributed by atoms with Crippen molar-refractivity contribution in [3.8, 4) is 5.75 Å². The Hall–Kier alpha value is -7.97. The molecule has 0 spiro atoms. The number of carboxylic acids is 2. The number of nitrogens with one attached hydrogen (secondary N) is 10. The van der Waals surface area contributed by atoms with Gasteiger partial charge in [-0.3, -0.25) is 52.7 Å². The highest BCUT2D eigenvalue weighted by Gasteiger charge is 2.37. The summed E-state index contributed by atoms with van der Waals surface area (Å²) in [7, 11) is 0. The molecule has 31 heteroatoms. The number of aliphatic hydroxyl groups is 3. The summed E-state index contributed by atoms with van der Waals surface area (Å²) >= 11 is 1.32. The first-order chi connectivity index (χ1) is 42.0. The second-order valence-electron chi connectivity index (χ2n) is 21.9. The van der Waals surface area contributed by atoms with Crippen LogP contribution in [0.15, 0.2) is 54.6 Å². The fourth-order valence-electron chi connectivity index (χ4n) is 8.67. The van der Waals surface area contributed by atoms with Gasteiger partial charge in [0.25, 0.3) is 0 Å². The summed E-state index contributed by atoms with van der Waals surface area (Å²) in [6.45, 7) is 7.34. The maximum atomic E-state index is 14.7. The van der Waals surface area contributed by atoms with Gasteiger partial charge in [0.05, 0.1) is 31.8 Å². The van der Waals surface area contributed by atoms with Gasteiger partial charge in [-0.05, 0) is 99.6 Å². The molecule has 30 nitrogen and oxygen atoms in total. The normalized spacial score (nSPS) is 15.6. The minimum absolute atomic E-state index is 0.00767. The third kappa shape index (κ3) is 27.5. The number of aromatic hydroxyl groups is 1. The average Bonchev–Trinajstić information content (AvgIpc) is 3.52. The number of phenolic OH excluding ortho intramolecular Hbond substituents is 1. The zero-order valence-electron chi connectivity index (χ0n) is 51.1. The van der Waals surface area contributed by atoms with E-state index in [0.717, 1.165) is 6.92 Å². The lowest BCUT2D eigenvalue weighted by Crippen LogP contribution is -2.63. The second-order valence-corrected chi connectivity index (χ2v) is 22.9. The van der Waals surface area contributed by atoms with Crippen molar-refractivity contribution in [2.24, 2.45) is 23.3 Å². The molecule has 20 N–H and O–H groups in total. The molecular formula is C58H90N12O18S. The number of amides is 10. The quantitative estimate of drug-likeness (QED) is 0.0285. The molecule has 0 radical (unpaired) electrons. The second kappa shape index (κ2) is 39.8. The van der Waals surface area contributed by atoms with E-state index in [2.05, 4.69) is 53.2 Å². The number of aliphatic hydroxyl groups excluding tert-OH is 3. The summed E-state index contributed by atoms with van der Waals surface area (Å²) < 4.78 is 0. The van der Waals surface area contributed by atoms with Crippen molar-refractivity contribution in [3.63, 3.8) is 0 Å². The molecule has 0 aromatic heterocycles. The monoisotopic (exact) mass is 1270 g/mol. The van der Waals surface area contributed by atoms with Crippen molar-refractivity contribution < 1.29 is 88.2 Å². The van der Waals surface area contributed by atoms with Gasteiger partial charge < -0.3 is 95.3 Å². The van der Waals surface area contributed by atoms with Gasteiger partial charge in [0.15, 0.2) is 0 Å².